The number of pyridine rings is 1. The summed E-state index contributed by atoms with van der Waals surface area (Å²) in [5.74, 6) is -0.557. The van der Waals surface area contributed by atoms with E-state index in [1.54, 1.807) is 36.5 Å². The molecular formula is C15H12Cl3NO2. The fourth-order valence-electron chi connectivity index (χ4n) is 1.80. The molecule has 6 heteroatoms. The molecule has 0 radical (unpaired) electrons. The minimum atomic E-state index is -1.79. The van der Waals surface area contributed by atoms with Gasteiger partial charge in [-0.15, -0.1) is 0 Å². The van der Waals surface area contributed by atoms with Gasteiger partial charge in [-0.25, -0.2) is 4.79 Å². The summed E-state index contributed by atoms with van der Waals surface area (Å²) in [5.41, 5.74) is 1.85. The molecular weight excluding hydrogens is 333 g/mol. The molecule has 0 aliphatic heterocycles. The number of aryl methyl sites for hydroxylation is 1. The van der Waals surface area contributed by atoms with E-state index in [1.165, 1.54) is 6.20 Å². The number of benzene rings is 1. The van der Waals surface area contributed by atoms with Crippen LogP contribution >= 0.6 is 34.8 Å². The van der Waals surface area contributed by atoms with Gasteiger partial charge in [0, 0.05) is 18.0 Å². The summed E-state index contributed by atoms with van der Waals surface area (Å²) >= 11 is 17.8. The van der Waals surface area contributed by atoms with E-state index in [1.807, 2.05) is 13.0 Å². The van der Waals surface area contributed by atoms with Gasteiger partial charge in [0.15, 0.2) is 6.10 Å². The van der Waals surface area contributed by atoms with Crippen molar-refractivity contribution in [3.05, 3.63) is 65.5 Å². The van der Waals surface area contributed by atoms with Crippen LogP contribution in [0.3, 0.4) is 0 Å². The van der Waals surface area contributed by atoms with Crippen molar-refractivity contribution in [1.29, 1.82) is 0 Å². The van der Waals surface area contributed by atoms with Gasteiger partial charge in [-0.05, 0) is 25.1 Å². The molecule has 1 aromatic heterocycles. The highest BCUT2D eigenvalue weighted by atomic mass is 35.6. The zero-order chi connectivity index (χ0) is 15.5. The van der Waals surface area contributed by atoms with Crippen LogP contribution in [-0.4, -0.2) is 14.7 Å². The molecule has 0 saturated heterocycles. The monoisotopic (exact) mass is 343 g/mol. The molecule has 0 spiro atoms. The van der Waals surface area contributed by atoms with Crippen molar-refractivity contribution < 1.29 is 9.53 Å². The number of aromatic nitrogens is 1. The first kappa shape index (κ1) is 16.1. The molecule has 1 aromatic carbocycles. The van der Waals surface area contributed by atoms with Gasteiger partial charge in [0.05, 0.1) is 5.56 Å². The van der Waals surface area contributed by atoms with E-state index < -0.39 is 15.9 Å². The molecule has 1 heterocycles. The average molecular weight is 345 g/mol. The van der Waals surface area contributed by atoms with Crippen LogP contribution < -0.4 is 0 Å². The summed E-state index contributed by atoms with van der Waals surface area (Å²) in [5, 5.41) is 0. The first-order valence-electron chi connectivity index (χ1n) is 6.12. The highest BCUT2D eigenvalue weighted by molar-refractivity contribution is 6.68. The molecule has 0 N–H and O–H groups in total. The molecule has 1 atom stereocenters. The van der Waals surface area contributed by atoms with Crippen LogP contribution in [0.2, 0.25) is 0 Å². The van der Waals surface area contributed by atoms with E-state index in [4.69, 9.17) is 39.5 Å². The van der Waals surface area contributed by atoms with E-state index in [0.717, 1.165) is 5.56 Å². The molecule has 110 valence electrons. The topological polar surface area (TPSA) is 39.2 Å². The lowest BCUT2D eigenvalue weighted by atomic mass is 10.1. The standard InChI is InChI=1S/C15H12Cl3NO2/c1-10-4-2-5-11(8-10)14(20)21-13(15(16,17)18)12-6-3-7-19-9-12/h2-9,13H,1H3. The van der Waals surface area contributed by atoms with Gasteiger partial charge in [0.2, 0.25) is 3.79 Å². The Hall–Kier alpha value is -1.29. The lowest BCUT2D eigenvalue weighted by Crippen LogP contribution is -2.23. The second-order valence-corrected chi connectivity index (χ2v) is 6.85. The van der Waals surface area contributed by atoms with Crippen molar-refractivity contribution in [1.82, 2.24) is 4.98 Å². The molecule has 0 fully saturated rings. The van der Waals surface area contributed by atoms with Gasteiger partial charge in [0.1, 0.15) is 0 Å². The number of carbonyl (C=O) groups is 1. The van der Waals surface area contributed by atoms with Gasteiger partial charge < -0.3 is 4.74 Å². The number of hydrogen-bond donors (Lipinski definition) is 0. The van der Waals surface area contributed by atoms with Crippen LogP contribution in [0.15, 0.2) is 48.8 Å². The highest BCUT2D eigenvalue weighted by Crippen LogP contribution is 2.42. The predicted octanol–water partition coefficient (Wildman–Crippen LogP) is 4.66. The summed E-state index contributed by atoms with van der Waals surface area (Å²) in [7, 11) is 0. The van der Waals surface area contributed by atoms with Crippen LogP contribution in [0.4, 0.5) is 0 Å². The normalized spacial score (nSPS) is 12.8. The van der Waals surface area contributed by atoms with E-state index in [-0.39, 0.29) is 0 Å². The smallest absolute Gasteiger partial charge is 0.338 e. The first-order chi connectivity index (χ1) is 9.88. The SMILES string of the molecule is Cc1cccc(C(=O)OC(c2cccnc2)C(Cl)(Cl)Cl)c1. The van der Waals surface area contributed by atoms with E-state index in [0.29, 0.717) is 11.1 Å². The van der Waals surface area contributed by atoms with Crippen molar-refractivity contribution in [2.45, 2.75) is 16.8 Å². The van der Waals surface area contributed by atoms with E-state index in [9.17, 15) is 4.79 Å². The number of hydrogen-bond acceptors (Lipinski definition) is 3. The van der Waals surface area contributed by atoms with E-state index in [2.05, 4.69) is 4.98 Å². The zero-order valence-electron chi connectivity index (χ0n) is 11.1. The molecule has 0 bridgehead atoms. The second-order valence-electron chi connectivity index (χ2n) is 4.48. The minimum absolute atomic E-state index is 0.401. The summed E-state index contributed by atoms with van der Waals surface area (Å²) in [6.45, 7) is 1.88. The summed E-state index contributed by atoms with van der Waals surface area (Å²) in [4.78, 5) is 16.2. The third-order valence-electron chi connectivity index (χ3n) is 2.76. The van der Waals surface area contributed by atoms with Gasteiger partial charge in [-0.3, -0.25) is 4.98 Å². The van der Waals surface area contributed by atoms with Crippen molar-refractivity contribution >= 4 is 40.8 Å². The molecule has 2 aromatic rings. The van der Waals surface area contributed by atoms with Gasteiger partial charge in [-0.1, -0.05) is 58.6 Å². The molecule has 1 unspecified atom stereocenters. The van der Waals surface area contributed by atoms with Crippen LogP contribution in [-0.2, 0) is 4.74 Å². The maximum absolute atomic E-state index is 12.2. The Morgan fingerprint density at radius 3 is 2.57 bits per heavy atom. The van der Waals surface area contributed by atoms with Crippen molar-refractivity contribution in [2.24, 2.45) is 0 Å². The Morgan fingerprint density at radius 2 is 2.00 bits per heavy atom. The minimum Gasteiger partial charge on any atom is -0.449 e. The zero-order valence-corrected chi connectivity index (χ0v) is 13.4. The predicted molar refractivity (Wildman–Crippen MR) is 83.9 cm³/mol. The number of nitrogens with zero attached hydrogens (tertiary/aromatic N) is 1. The van der Waals surface area contributed by atoms with Gasteiger partial charge >= 0.3 is 5.97 Å². The van der Waals surface area contributed by atoms with Crippen LogP contribution in [0, 0.1) is 6.92 Å². The maximum Gasteiger partial charge on any atom is 0.338 e. The lowest BCUT2D eigenvalue weighted by Gasteiger charge is -2.24. The fourth-order valence-corrected chi connectivity index (χ4v) is 2.31. The van der Waals surface area contributed by atoms with E-state index >= 15 is 0 Å². The highest BCUT2D eigenvalue weighted by Gasteiger charge is 2.37. The van der Waals surface area contributed by atoms with Crippen molar-refractivity contribution in [3.8, 4) is 0 Å². The largest absolute Gasteiger partial charge is 0.449 e. The third kappa shape index (κ3) is 4.34. The Morgan fingerprint density at radius 1 is 1.24 bits per heavy atom. The number of halogens is 3. The molecule has 0 amide bonds. The number of esters is 1. The van der Waals surface area contributed by atoms with Crippen LogP contribution in [0.1, 0.15) is 27.6 Å². The molecule has 21 heavy (non-hydrogen) atoms. The Kier molecular flexibility index (Phi) is 5.09. The maximum atomic E-state index is 12.2. The number of rotatable bonds is 3. The molecule has 3 nitrogen and oxygen atoms in total. The summed E-state index contributed by atoms with van der Waals surface area (Å²) < 4.78 is 3.58. The first-order valence-corrected chi connectivity index (χ1v) is 7.25. The van der Waals surface area contributed by atoms with Crippen molar-refractivity contribution in [2.75, 3.05) is 0 Å². The molecule has 2 rings (SSSR count). The lowest BCUT2D eigenvalue weighted by molar-refractivity contribution is 0.0304. The van der Waals surface area contributed by atoms with Gasteiger partial charge in [-0.2, -0.15) is 0 Å². The average Bonchev–Trinajstić information content (AvgIpc) is 2.44. The summed E-state index contributed by atoms with van der Waals surface area (Å²) in [6.07, 6.45) is 2.04. The van der Waals surface area contributed by atoms with Crippen molar-refractivity contribution in [3.63, 3.8) is 0 Å². The molecule has 0 aliphatic rings. The Labute approximate surface area is 137 Å². The molecule has 0 saturated carbocycles. The van der Waals surface area contributed by atoms with Gasteiger partial charge in [0.25, 0.3) is 0 Å². The van der Waals surface area contributed by atoms with Crippen LogP contribution in [0.5, 0.6) is 0 Å². The second kappa shape index (κ2) is 6.65. The number of ether oxygens (including phenoxy) is 1. The quantitative estimate of drug-likeness (QED) is 0.600. The fraction of sp³-hybridized carbons (Fsp3) is 0.200. The summed E-state index contributed by atoms with van der Waals surface area (Å²) in [6, 6.07) is 10.4. The van der Waals surface area contributed by atoms with Crippen LogP contribution in [0.25, 0.3) is 0 Å². The number of alkyl halides is 3. The molecule has 0 aliphatic carbocycles. The number of carbonyl (C=O) groups excluding carboxylic acids is 1. The third-order valence-corrected chi connectivity index (χ3v) is 3.36. The Balaban J connectivity index is 2.26. The Bertz CT molecular complexity index is 626.